The van der Waals surface area contributed by atoms with E-state index in [2.05, 4.69) is 20.5 Å². The maximum Gasteiger partial charge on any atom is 0.261 e. The molecule has 0 bridgehead atoms. The topological polar surface area (TPSA) is 106 Å². The fourth-order valence-electron chi connectivity index (χ4n) is 4.38. The summed E-state index contributed by atoms with van der Waals surface area (Å²) in [6.45, 7) is 2.52. The van der Waals surface area contributed by atoms with Gasteiger partial charge >= 0.3 is 0 Å². The number of carbonyl (C=O) groups excluding carboxylic acids is 1. The van der Waals surface area contributed by atoms with Crippen molar-refractivity contribution in [2.45, 2.75) is 51.6 Å². The SMILES string of the molecule is Cc1nc(C(NC(=O)c2ccc3c(=O)n4c(nc3c2)CCCCCC4)c2ccccc2)n[nH]1. The van der Waals surface area contributed by atoms with Crippen LogP contribution in [0, 0.1) is 6.92 Å². The second-order valence-electron chi connectivity index (χ2n) is 8.48. The molecule has 1 aliphatic heterocycles. The molecule has 1 aliphatic rings. The van der Waals surface area contributed by atoms with Gasteiger partial charge in [0.2, 0.25) is 0 Å². The molecule has 2 aromatic carbocycles. The summed E-state index contributed by atoms with van der Waals surface area (Å²) >= 11 is 0. The van der Waals surface area contributed by atoms with Gasteiger partial charge in [-0.05, 0) is 43.5 Å². The highest BCUT2D eigenvalue weighted by atomic mass is 16.1. The molecular formula is C25H26N6O2. The van der Waals surface area contributed by atoms with Gasteiger partial charge in [0.05, 0.1) is 10.9 Å². The number of hydrogen-bond acceptors (Lipinski definition) is 5. The molecule has 4 aromatic rings. The Kier molecular flexibility index (Phi) is 5.73. The first-order chi connectivity index (χ1) is 16.1. The number of rotatable bonds is 4. The third-order valence-electron chi connectivity index (χ3n) is 6.11. The van der Waals surface area contributed by atoms with E-state index in [0.717, 1.165) is 43.5 Å². The lowest BCUT2D eigenvalue weighted by atomic mass is 10.0. The van der Waals surface area contributed by atoms with E-state index in [9.17, 15) is 9.59 Å². The lowest BCUT2D eigenvalue weighted by Gasteiger charge is -2.18. The predicted molar refractivity (Wildman–Crippen MR) is 125 cm³/mol. The van der Waals surface area contributed by atoms with Crippen molar-refractivity contribution in [1.82, 2.24) is 30.0 Å². The van der Waals surface area contributed by atoms with Crippen LogP contribution in [0.2, 0.25) is 0 Å². The fourth-order valence-corrected chi connectivity index (χ4v) is 4.38. The molecule has 2 aromatic heterocycles. The number of hydrogen-bond donors (Lipinski definition) is 2. The maximum atomic E-state index is 13.2. The summed E-state index contributed by atoms with van der Waals surface area (Å²) in [6, 6.07) is 14.2. The highest BCUT2D eigenvalue weighted by Crippen LogP contribution is 2.21. The van der Waals surface area contributed by atoms with Gasteiger partial charge in [-0.25, -0.2) is 9.97 Å². The number of amides is 1. The third-order valence-corrected chi connectivity index (χ3v) is 6.11. The summed E-state index contributed by atoms with van der Waals surface area (Å²) in [5.74, 6) is 1.70. The van der Waals surface area contributed by atoms with Crippen LogP contribution >= 0.6 is 0 Å². The van der Waals surface area contributed by atoms with Crippen molar-refractivity contribution in [2.75, 3.05) is 0 Å². The van der Waals surface area contributed by atoms with Crippen molar-refractivity contribution >= 4 is 16.8 Å². The summed E-state index contributed by atoms with van der Waals surface area (Å²) in [5, 5.41) is 10.7. The molecular weight excluding hydrogens is 416 g/mol. The van der Waals surface area contributed by atoms with Crippen molar-refractivity contribution < 1.29 is 4.79 Å². The van der Waals surface area contributed by atoms with Crippen LogP contribution in [0.3, 0.4) is 0 Å². The Balaban J connectivity index is 1.49. The minimum atomic E-state index is -0.506. The van der Waals surface area contributed by atoms with Crippen molar-refractivity contribution in [1.29, 1.82) is 0 Å². The molecule has 5 rings (SSSR count). The Labute approximate surface area is 191 Å². The Hall–Kier alpha value is -3.81. The second kappa shape index (κ2) is 8.97. The molecule has 2 N–H and O–H groups in total. The molecule has 3 heterocycles. The zero-order valence-electron chi connectivity index (χ0n) is 18.5. The highest BCUT2D eigenvalue weighted by Gasteiger charge is 2.22. The monoisotopic (exact) mass is 442 g/mol. The van der Waals surface area contributed by atoms with Crippen molar-refractivity contribution in [3.05, 3.63) is 87.5 Å². The largest absolute Gasteiger partial charge is 0.338 e. The number of nitrogens with one attached hydrogen (secondary N) is 2. The molecule has 0 radical (unpaired) electrons. The number of benzene rings is 2. The number of aromatic amines is 1. The highest BCUT2D eigenvalue weighted by molar-refractivity contribution is 5.98. The molecule has 33 heavy (non-hydrogen) atoms. The molecule has 8 heteroatoms. The van der Waals surface area contributed by atoms with Gasteiger partial charge in [0, 0.05) is 18.5 Å². The van der Waals surface area contributed by atoms with E-state index in [1.165, 1.54) is 0 Å². The lowest BCUT2D eigenvalue weighted by Crippen LogP contribution is -2.30. The van der Waals surface area contributed by atoms with Crippen molar-refractivity contribution in [3.8, 4) is 0 Å². The van der Waals surface area contributed by atoms with Crippen molar-refractivity contribution in [2.24, 2.45) is 0 Å². The van der Waals surface area contributed by atoms with Crippen LogP contribution in [0.1, 0.15) is 65.1 Å². The standard InChI is InChI=1S/C25H26N6O2/c1-16-26-23(30-29-16)22(17-9-5-4-6-10-17)28-24(32)18-12-13-19-20(15-18)27-21-11-7-2-3-8-14-31(21)25(19)33/h4-6,9-10,12-13,15,22H,2-3,7-8,11,14H2,1H3,(H,28,32)(H,26,29,30). The Morgan fingerprint density at radius 3 is 2.67 bits per heavy atom. The summed E-state index contributed by atoms with van der Waals surface area (Å²) < 4.78 is 1.80. The molecule has 8 nitrogen and oxygen atoms in total. The first-order valence-corrected chi connectivity index (χ1v) is 11.4. The summed E-state index contributed by atoms with van der Waals surface area (Å²) in [7, 11) is 0. The van der Waals surface area contributed by atoms with E-state index in [-0.39, 0.29) is 11.5 Å². The average Bonchev–Trinajstić information content (AvgIpc) is 3.24. The normalized spacial score (nSPS) is 14.8. The van der Waals surface area contributed by atoms with Crippen LogP contribution in [0.25, 0.3) is 10.9 Å². The second-order valence-corrected chi connectivity index (χ2v) is 8.48. The average molecular weight is 443 g/mol. The van der Waals surface area contributed by atoms with Crippen LogP contribution in [0.5, 0.6) is 0 Å². The first-order valence-electron chi connectivity index (χ1n) is 11.4. The summed E-state index contributed by atoms with van der Waals surface area (Å²) in [6.07, 6.45) is 5.07. The minimum absolute atomic E-state index is 0.0257. The predicted octanol–water partition coefficient (Wildman–Crippen LogP) is 3.46. The molecule has 0 saturated heterocycles. The van der Waals surface area contributed by atoms with E-state index in [1.54, 1.807) is 22.8 Å². The van der Waals surface area contributed by atoms with Gasteiger partial charge in [0.1, 0.15) is 17.7 Å². The number of nitrogens with zero attached hydrogens (tertiary/aromatic N) is 4. The van der Waals surface area contributed by atoms with Gasteiger partial charge in [-0.2, -0.15) is 5.10 Å². The summed E-state index contributed by atoms with van der Waals surface area (Å²) in [5.41, 5.74) is 1.86. The Morgan fingerprint density at radius 2 is 1.88 bits per heavy atom. The van der Waals surface area contributed by atoms with Gasteiger partial charge in [0.15, 0.2) is 5.82 Å². The smallest absolute Gasteiger partial charge is 0.261 e. The van der Waals surface area contributed by atoms with E-state index < -0.39 is 6.04 Å². The van der Waals surface area contributed by atoms with Gasteiger partial charge in [-0.1, -0.05) is 43.2 Å². The van der Waals surface area contributed by atoms with Gasteiger partial charge in [-0.3, -0.25) is 19.3 Å². The molecule has 1 unspecified atom stereocenters. The number of fused-ring (bicyclic) bond motifs is 2. The van der Waals surface area contributed by atoms with Gasteiger partial charge < -0.3 is 5.32 Å². The number of aromatic nitrogens is 5. The summed E-state index contributed by atoms with van der Waals surface area (Å²) in [4.78, 5) is 35.5. The molecule has 0 spiro atoms. The van der Waals surface area contributed by atoms with Crippen LogP contribution < -0.4 is 10.9 Å². The van der Waals surface area contributed by atoms with Crippen LogP contribution in [0.15, 0.2) is 53.3 Å². The third kappa shape index (κ3) is 4.28. The minimum Gasteiger partial charge on any atom is -0.338 e. The molecule has 0 fully saturated rings. The van der Waals surface area contributed by atoms with Gasteiger partial charge in [0.25, 0.3) is 11.5 Å². The molecule has 1 amide bonds. The lowest BCUT2D eigenvalue weighted by molar-refractivity contribution is 0.0941. The van der Waals surface area contributed by atoms with E-state index in [0.29, 0.717) is 34.7 Å². The number of H-pyrrole nitrogens is 1. The number of carbonyl (C=O) groups is 1. The zero-order chi connectivity index (χ0) is 22.8. The molecule has 0 saturated carbocycles. The maximum absolute atomic E-state index is 13.2. The Bertz CT molecular complexity index is 1360. The van der Waals surface area contributed by atoms with E-state index in [1.807, 2.05) is 37.3 Å². The van der Waals surface area contributed by atoms with E-state index in [4.69, 9.17) is 4.98 Å². The van der Waals surface area contributed by atoms with Crippen LogP contribution in [-0.2, 0) is 13.0 Å². The van der Waals surface area contributed by atoms with Gasteiger partial charge in [-0.15, -0.1) is 0 Å². The van der Waals surface area contributed by atoms with E-state index >= 15 is 0 Å². The molecule has 0 aliphatic carbocycles. The Morgan fingerprint density at radius 1 is 1.06 bits per heavy atom. The first kappa shape index (κ1) is 21.1. The van der Waals surface area contributed by atoms with Crippen LogP contribution in [0.4, 0.5) is 0 Å². The molecule has 1 atom stereocenters. The van der Waals surface area contributed by atoms with Crippen molar-refractivity contribution in [3.63, 3.8) is 0 Å². The zero-order valence-corrected chi connectivity index (χ0v) is 18.5. The molecule has 168 valence electrons. The van der Waals surface area contributed by atoms with Crippen LogP contribution in [-0.4, -0.2) is 30.6 Å². The number of aryl methyl sites for hydroxylation is 2. The quantitative estimate of drug-likeness (QED) is 0.504. The fraction of sp³-hybridized carbons (Fsp3) is 0.320.